The summed E-state index contributed by atoms with van der Waals surface area (Å²) in [6, 6.07) is 3.02. The molecule has 0 aromatic carbocycles. The van der Waals surface area contributed by atoms with E-state index in [1.165, 1.54) is 12.1 Å². The van der Waals surface area contributed by atoms with E-state index in [4.69, 9.17) is 0 Å². The third-order valence-corrected chi connectivity index (χ3v) is 3.05. The number of rotatable bonds is 9. The van der Waals surface area contributed by atoms with Gasteiger partial charge in [0, 0.05) is 20.1 Å². The number of nitro groups is 1. The molecule has 0 unspecified atom stereocenters. The number of unbranched alkanes of at least 4 members (excludes halogenated alkanes) is 2. The molecule has 1 heterocycles. The van der Waals surface area contributed by atoms with Crippen molar-refractivity contribution >= 4 is 17.3 Å². The van der Waals surface area contributed by atoms with E-state index in [2.05, 4.69) is 17.2 Å². The van der Waals surface area contributed by atoms with Crippen molar-refractivity contribution in [1.29, 1.82) is 0 Å². The minimum Gasteiger partial charge on any atom is -0.370 e. The zero-order chi connectivity index (χ0) is 15.0. The van der Waals surface area contributed by atoms with Gasteiger partial charge in [0.25, 0.3) is 5.69 Å². The molecule has 0 saturated heterocycles. The molecule has 0 saturated carbocycles. The van der Waals surface area contributed by atoms with E-state index in [9.17, 15) is 10.1 Å². The van der Waals surface area contributed by atoms with Gasteiger partial charge in [0.1, 0.15) is 11.6 Å². The Labute approximate surface area is 120 Å². The number of anilines is 2. The third kappa shape index (κ3) is 5.03. The van der Waals surface area contributed by atoms with Crippen LogP contribution in [0.15, 0.2) is 12.1 Å². The lowest BCUT2D eigenvalue weighted by atomic mass is 10.2. The normalized spacial score (nSPS) is 10.3. The van der Waals surface area contributed by atoms with Crippen molar-refractivity contribution in [3.63, 3.8) is 0 Å². The smallest absolute Gasteiger partial charge is 0.276 e. The predicted octanol–water partition coefficient (Wildman–Crippen LogP) is 3.44. The maximum absolute atomic E-state index is 11.0. The summed E-state index contributed by atoms with van der Waals surface area (Å²) in [5, 5.41) is 14.1. The Morgan fingerprint density at radius 2 is 2.05 bits per heavy atom. The molecule has 0 spiro atoms. The Morgan fingerprint density at radius 3 is 2.65 bits per heavy atom. The lowest BCUT2D eigenvalue weighted by Gasteiger charge is -2.18. The summed E-state index contributed by atoms with van der Waals surface area (Å²) in [5.41, 5.74) is 0.0796. The Hall–Kier alpha value is -1.85. The fourth-order valence-corrected chi connectivity index (χ4v) is 1.86. The van der Waals surface area contributed by atoms with Gasteiger partial charge in [-0.05, 0) is 12.8 Å². The highest BCUT2D eigenvalue weighted by molar-refractivity contribution is 5.55. The number of nitrogens with zero attached hydrogens (tertiary/aromatic N) is 3. The Balaban J connectivity index is 2.86. The molecule has 0 amide bonds. The summed E-state index contributed by atoms with van der Waals surface area (Å²) >= 11 is 0. The van der Waals surface area contributed by atoms with Crippen LogP contribution >= 0.6 is 0 Å². The second kappa shape index (κ2) is 8.35. The fraction of sp³-hybridized carbons (Fsp3) is 0.643. The molecule has 0 radical (unpaired) electrons. The van der Waals surface area contributed by atoms with Crippen LogP contribution in [0.4, 0.5) is 17.3 Å². The number of pyridine rings is 1. The minimum absolute atomic E-state index is 0.0796. The highest BCUT2D eigenvalue weighted by atomic mass is 16.6. The maximum atomic E-state index is 11.0. The van der Waals surface area contributed by atoms with Crippen LogP contribution in [-0.2, 0) is 0 Å². The van der Waals surface area contributed by atoms with E-state index in [1.54, 1.807) is 0 Å². The van der Waals surface area contributed by atoms with Crippen molar-refractivity contribution in [3.8, 4) is 0 Å². The van der Waals surface area contributed by atoms with Crippen molar-refractivity contribution in [2.75, 3.05) is 30.4 Å². The van der Waals surface area contributed by atoms with Gasteiger partial charge in [-0.15, -0.1) is 0 Å². The highest BCUT2D eigenvalue weighted by Crippen LogP contribution is 2.23. The molecule has 1 aromatic rings. The van der Waals surface area contributed by atoms with Crippen LogP contribution in [0, 0.1) is 10.1 Å². The van der Waals surface area contributed by atoms with Crippen LogP contribution in [0.5, 0.6) is 0 Å². The number of aromatic nitrogens is 1. The minimum atomic E-state index is -0.373. The van der Waals surface area contributed by atoms with Crippen molar-refractivity contribution in [3.05, 3.63) is 22.2 Å². The van der Waals surface area contributed by atoms with Crippen LogP contribution in [0.3, 0.4) is 0 Å². The average molecular weight is 280 g/mol. The van der Waals surface area contributed by atoms with Gasteiger partial charge in [-0.25, -0.2) is 4.98 Å². The quantitative estimate of drug-likeness (QED) is 0.426. The first-order valence-corrected chi connectivity index (χ1v) is 7.20. The van der Waals surface area contributed by atoms with E-state index in [1.807, 2.05) is 18.9 Å². The SMILES string of the molecule is CCCCCN(C)c1cc([N+](=O)[O-])cc(NCCC)n1. The predicted molar refractivity (Wildman–Crippen MR) is 82.5 cm³/mol. The first-order chi connectivity index (χ1) is 9.58. The van der Waals surface area contributed by atoms with Gasteiger partial charge < -0.3 is 10.2 Å². The number of nitrogens with one attached hydrogen (secondary N) is 1. The standard InChI is InChI=1S/C14H24N4O2/c1-4-6-7-9-17(3)14-11-12(18(19)20)10-13(16-14)15-8-5-2/h10-11H,4-9H2,1-3H3,(H,15,16). The number of hydrogen-bond donors (Lipinski definition) is 1. The van der Waals surface area contributed by atoms with E-state index >= 15 is 0 Å². The molecule has 0 atom stereocenters. The molecule has 0 aliphatic rings. The Bertz CT molecular complexity index is 437. The van der Waals surface area contributed by atoms with Crippen LogP contribution in [0.2, 0.25) is 0 Å². The van der Waals surface area contributed by atoms with E-state index in [0.29, 0.717) is 11.6 Å². The van der Waals surface area contributed by atoms with Gasteiger partial charge in [0.15, 0.2) is 0 Å². The average Bonchev–Trinajstić information content (AvgIpc) is 2.44. The molecule has 0 aliphatic heterocycles. The molecule has 0 bridgehead atoms. The van der Waals surface area contributed by atoms with Gasteiger partial charge in [-0.1, -0.05) is 26.7 Å². The molecule has 6 heteroatoms. The van der Waals surface area contributed by atoms with Gasteiger partial charge in [-0.2, -0.15) is 0 Å². The summed E-state index contributed by atoms with van der Waals surface area (Å²) < 4.78 is 0. The summed E-state index contributed by atoms with van der Waals surface area (Å²) in [5.74, 6) is 1.22. The molecule has 1 N–H and O–H groups in total. The van der Waals surface area contributed by atoms with Crippen molar-refractivity contribution in [2.45, 2.75) is 39.5 Å². The Kier molecular flexibility index (Phi) is 6.76. The molecule has 6 nitrogen and oxygen atoms in total. The van der Waals surface area contributed by atoms with Gasteiger partial charge in [0.2, 0.25) is 0 Å². The molecular formula is C14H24N4O2. The van der Waals surface area contributed by atoms with Crippen molar-refractivity contribution in [1.82, 2.24) is 4.98 Å². The van der Waals surface area contributed by atoms with E-state index in [-0.39, 0.29) is 10.6 Å². The van der Waals surface area contributed by atoms with Crippen molar-refractivity contribution in [2.24, 2.45) is 0 Å². The molecule has 1 aromatic heterocycles. The second-order valence-electron chi connectivity index (χ2n) is 4.88. The molecule has 20 heavy (non-hydrogen) atoms. The van der Waals surface area contributed by atoms with Gasteiger partial charge >= 0.3 is 0 Å². The summed E-state index contributed by atoms with van der Waals surface area (Å²) in [6.07, 6.45) is 4.32. The summed E-state index contributed by atoms with van der Waals surface area (Å²) in [6.45, 7) is 5.81. The molecule has 0 aliphatic carbocycles. The molecule has 112 valence electrons. The molecule has 0 fully saturated rings. The van der Waals surface area contributed by atoms with E-state index < -0.39 is 0 Å². The van der Waals surface area contributed by atoms with Crippen LogP contribution in [0.1, 0.15) is 39.5 Å². The fourth-order valence-electron chi connectivity index (χ4n) is 1.86. The summed E-state index contributed by atoms with van der Waals surface area (Å²) in [4.78, 5) is 17.0. The highest BCUT2D eigenvalue weighted by Gasteiger charge is 2.13. The lowest BCUT2D eigenvalue weighted by molar-refractivity contribution is -0.384. The van der Waals surface area contributed by atoms with Crippen molar-refractivity contribution < 1.29 is 4.92 Å². The topological polar surface area (TPSA) is 71.3 Å². The van der Waals surface area contributed by atoms with Gasteiger partial charge in [0.05, 0.1) is 17.1 Å². The second-order valence-corrected chi connectivity index (χ2v) is 4.88. The first-order valence-electron chi connectivity index (χ1n) is 7.20. The zero-order valence-electron chi connectivity index (χ0n) is 12.6. The first kappa shape index (κ1) is 16.2. The van der Waals surface area contributed by atoms with Crippen LogP contribution in [0.25, 0.3) is 0 Å². The lowest BCUT2D eigenvalue weighted by Crippen LogP contribution is -2.20. The molecular weight excluding hydrogens is 256 g/mol. The van der Waals surface area contributed by atoms with E-state index in [0.717, 1.165) is 38.8 Å². The monoisotopic (exact) mass is 280 g/mol. The largest absolute Gasteiger partial charge is 0.370 e. The zero-order valence-corrected chi connectivity index (χ0v) is 12.6. The number of hydrogen-bond acceptors (Lipinski definition) is 5. The maximum Gasteiger partial charge on any atom is 0.276 e. The van der Waals surface area contributed by atoms with Crippen LogP contribution in [-0.4, -0.2) is 30.0 Å². The Morgan fingerprint density at radius 1 is 1.30 bits per heavy atom. The van der Waals surface area contributed by atoms with Gasteiger partial charge in [-0.3, -0.25) is 10.1 Å². The van der Waals surface area contributed by atoms with Crippen LogP contribution < -0.4 is 10.2 Å². The molecule has 1 rings (SSSR count). The third-order valence-electron chi connectivity index (χ3n) is 3.05. The summed E-state index contributed by atoms with van der Waals surface area (Å²) in [7, 11) is 1.92.